The normalized spacial score (nSPS) is 18.5. The number of aliphatic hydroxyl groups is 1. The Bertz CT molecular complexity index is 525. The fourth-order valence-corrected chi connectivity index (χ4v) is 3.45. The molecule has 0 radical (unpaired) electrons. The van der Waals surface area contributed by atoms with Crippen LogP contribution >= 0.6 is 23.4 Å². The molecule has 3 N–H and O–H groups in total. The number of hydrogen-bond donors (Lipinski definition) is 3. The fraction of sp³-hybridized carbons (Fsp3) is 0.533. The standard InChI is InChI=1S/C15H21ClN2O2S/c1-3-4-17-14-10-5-11(16)13(21-8-9(2)7-19)6-12(10)18-15(14)20/h5-6,9,14,17,19H,3-4,7-8H2,1-2H3,(H,18,20). The average Bonchev–Trinajstić information content (AvgIpc) is 2.77. The second kappa shape index (κ2) is 7.49. The fourth-order valence-electron chi connectivity index (χ4n) is 2.15. The molecule has 6 heteroatoms. The molecule has 0 saturated heterocycles. The van der Waals surface area contributed by atoms with Gasteiger partial charge in [0.25, 0.3) is 0 Å². The molecule has 1 aromatic rings. The van der Waals surface area contributed by atoms with Crippen LogP contribution in [0.1, 0.15) is 31.9 Å². The van der Waals surface area contributed by atoms with Crippen molar-refractivity contribution in [2.75, 3.05) is 24.2 Å². The molecule has 1 aromatic carbocycles. The Kier molecular flexibility index (Phi) is 5.93. The van der Waals surface area contributed by atoms with Gasteiger partial charge in [-0.15, -0.1) is 11.8 Å². The van der Waals surface area contributed by atoms with E-state index in [0.29, 0.717) is 5.02 Å². The molecule has 0 aliphatic carbocycles. The number of nitrogens with one attached hydrogen (secondary N) is 2. The van der Waals surface area contributed by atoms with Crippen LogP contribution in [-0.2, 0) is 4.79 Å². The number of benzene rings is 1. The molecular weight excluding hydrogens is 308 g/mol. The molecule has 21 heavy (non-hydrogen) atoms. The minimum atomic E-state index is -0.312. The van der Waals surface area contributed by atoms with E-state index in [2.05, 4.69) is 17.6 Å². The van der Waals surface area contributed by atoms with E-state index in [1.807, 2.05) is 19.1 Å². The third-order valence-corrected chi connectivity index (χ3v) is 5.18. The minimum Gasteiger partial charge on any atom is -0.396 e. The van der Waals surface area contributed by atoms with Gasteiger partial charge in [0.05, 0.1) is 5.02 Å². The maximum atomic E-state index is 12.0. The van der Waals surface area contributed by atoms with Crippen molar-refractivity contribution >= 4 is 35.0 Å². The Morgan fingerprint density at radius 1 is 1.52 bits per heavy atom. The first kappa shape index (κ1) is 16.6. The lowest BCUT2D eigenvalue weighted by molar-refractivity contribution is -0.117. The highest BCUT2D eigenvalue weighted by molar-refractivity contribution is 7.99. The van der Waals surface area contributed by atoms with E-state index in [4.69, 9.17) is 16.7 Å². The molecule has 4 nitrogen and oxygen atoms in total. The number of anilines is 1. The quantitative estimate of drug-likeness (QED) is 0.673. The van der Waals surface area contributed by atoms with Crippen molar-refractivity contribution in [2.45, 2.75) is 31.2 Å². The molecule has 2 atom stereocenters. The van der Waals surface area contributed by atoms with Crippen LogP contribution in [0.15, 0.2) is 17.0 Å². The second-order valence-corrected chi connectivity index (χ2v) is 6.81. The van der Waals surface area contributed by atoms with E-state index in [-0.39, 0.29) is 24.5 Å². The lowest BCUT2D eigenvalue weighted by Gasteiger charge is -2.13. The smallest absolute Gasteiger partial charge is 0.246 e. The van der Waals surface area contributed by atoms with E-state index in [9.17, 15) is 4.79 Å². The van der Waals surface area contributed by atoms with Crippen LogP contribution in [0.4, 0.5) is 5.69 Å². The summed E-state index contributed by atoms with van der Waals surface area (Å²) in [5.74, 6) is 0.980. The van der Waals surface area contributed by atoms with E-state index >= 15 is 0 Å². The largest absolute Gasteiger partial charge is 0.396 e. The van der Waals surface area contributed by atoms with Crippen LogP contribution in [0.2, 0.25) is 5.02 Å². The Hall–Kier alpha value is -0.750. The van der Waals surface area contributed by atoms with E-state index < -0.39 is 0 Å². The number of fused-ring (bicyclic) bond motifs is 1. The van der Waals surface area contributed by atoms with Crippen LogP contribution in [0.5, 0.6) is 0 Å². The summed E-state index contributed by atoms with van der Waals surface area (Å²) < 4.78 is 0. The Morgan fingerprint density at radius 3 is 2.95 bits per heavy atom. The van der Waals surface area contributed by atoms with Gasteiger partial charge in [0, 0.05) is 28.5 Å². The zero-order valence-corrected chi connectivity index (χ0v) is 13.9. The second-order valence-electron chi connectivity index (χ2n) is 5.35. The van der Waals surface area contributed by atoms with Gasteiger partial charge in [0.1, 0.15) is 6.04 Å². The van der Waals surface area contributed by atoms with Crippen LogP contribution < -0.4 is 10.6 Å². The lowest BCUT2D eigenvalue weighted by atomic mass is 10.1. The van der Waals surface area contributed by atoms with Gasteiger partial charge in [-0.1, -0.05) is 25.4 Å². The predicted molar refractivity (Wildman–Crippen MR) is 88.1 cm³/mol. The zero-order valence-electron chi connectivity index (χ0n) is 12.3. The maximum Gasteiger partial charge on any atom is 0.246 e. The summed E-state index contributed by atoms with van der Waals surface area (Å²) >= 11 is 7.93. The number of hydrogen-bond acceptors (Lipinski definition) is 4. The molecule has 2 unspecified atom stereocenters. The van der Waals surface area contributed by atoms with Crippen LogP contribution in [-0.4, -0.2) is 29.9 Å². The molecule has 0 spiro atoms. The first-order valence-corrected chi connectivity index (χ1v) is 8.54. The lowest BCUT2D eigenvalue weighted by Crippen LogP contribution is -2.27. The number of halogens is 1. The molecule has 0 bridgehead atoms. The molecule has 0 aromatic heterocycles. The minimum absolute atomic E-state index is 0.0274. The van der Waals surface area contributed by atoms with Crippen molar-refractivity contribution in [3.8, 4) is 0 Å². The van der Waals surface area contributed by atoms with Crippen molar-refractivity contribution in [2.24, 2.45) is 5.92 Å². The first-order chi connectivity index (χ1) is 10.1. The van der Waals surface area contributed by atoms with Crippen LogP contribution in [0.25, 0.3) is 0 Å². The molecule has 0 fully saturated rings. The van der Waals surface area contributed by atoms with Gasteiger partial charge < -0.3 is 15.7 Å². The number of carbonyl (C=O) groups excluding carboxylic acids is 1. The number of rotatable bonds is 7. The Labute approximate surface area is 134 Å². The molecule has 1 aliphatic heterocycles. The molecule has 0 saturated carbocycles. The summed E-state index contributed by atoms with van der Waals surface area (Å²) in [5.41, 5.74) is 1.75. The molecule has 116 valence electrons. The monoisotopic (exact) mass is 328 g/mol. The van der Waals surface area contributed by atoms with Gasteiger partial charge >= 0.3 is 0 Å². The van der Waals surface area contributed by atoms with Gasteiger partial charge in [-0.2, -0.15) is 0 Å². The number of thioether (sulfide) groups is 1. The summed E-state index contributed by atoms with van der Waals surface area (Å²) in [5, 5.41) is 15.9. The van der Waals surface area contributed by atoms with Crippen molar-refractivity contribution in [1.29, 1.82) is 0 Å². The van der Waals surface area contributed by atoms with E-state index in [0.717, 1.165) is 34.9 Å². The van der Waals surface area contributed by atoms with Crippen molar-refractivity contribution in [3.05, 3.63) is 22.7 Å². The molecule has 1 aliphatic rings. The van der Waals surface area contributed by atoms with Gasteiger partial charge in [-0.3, -0.25) is 4.79 Å². The molecular formula is C15H21ClN2O2S. The third-order valence-electron chi connectivity index (χ3n) is 3.37. The summed E-state index contributed by atoms with van der Waals surface area (Å²) in [6, 6.07) is 3.49. The predicted octanol–water partition coefficient (Wildman–Crippen LogP) is 3.05. The number of amides is 1. The molecule has 2 rings (SSSR count). The highest BCUT2D eigenvalue weighted by Gasteiger charge is 2.30. The summed E-state index contributed by atoms with van der Waals surface area (Å²) in [6.07, 6.45) is 0.972. The highest BCUT2D eigenvalue weighted by Crippen LogP contribution is 2.39. The average molecular weight is 329 g/mol. The van der Waals surface area contributed by atoms with E-state index in [1.165, 1.54) is 0 Å². The topological polar surface area (TPSA) is 61.4 Å². The van der Waals surface area contributed by atoms with Gasteiger partial charge in [0.2, 0.25) is 5.91 Å². The Balaban J connectivity index is 2.16. The van der Waals surface area contributed by atoms with Crippen molar-refractivity contribution in [3.63, 3.8) is 0 Å². The zero-order chi connectivity index (χ0) is 15.4. The van der Waals surface area contributed by atoms with Gasteiger partial charge in [0.15, 0.2) is 0 Å². The van der Waals surface area contributed by atoms with Gasteiger partial charge in [-0.05, 0) is 31.0 Å². The third kappa shape index (κ3) is 3.92. The first-order valence-electron chi connectivity index (χ1n) is 7.18. The summed E-state index contributed by atoms with van der Waals surface area (Å²) in [4.78, 5) is 13.0. The van der Waals surface area contributed by atoms with Gasteiger partial charge in [-0.25, -0.2) is 0 Å². The van der Waals surface area contributed by atoms with Crippen LogP contribution in [0.3, 0.4) is 0 Å². The molecule has 1 heterocycles. The van der Waals surface area contributed by atoms with Crippen molar-refractivity contribution in [1.82, 2.24) is 5.32 Å². The highest BCUT2D eigenvalue weighted by atomic mass is 35.5. The SMILES string of the molecule is CCCNC1C(=O)Nc2cc(SCC(C)CO)c(Cl)cc21. The van der Waals surface area contributed by atoms with Crippen LogP contribution in [0, 0.1) is 5.92 Å². The molecule has 1 amide bonds. The Morgan fingerprint density at radius 2 is 2.29 bits per heavy atom. The summed E-state index contributed by atoms with van der Waals surface area (Å²) in [6.45, 7) is 5.01. The summed E-state index contributed by atoms with van der Waals surface area (Å²) in [7, 11) is 0. The maximum absolute atomic E-state index is 12.0. The van der Waals surface area contributed by atoms with Crippen molar-refractivity contribution < 1.29 is 9.90 Å². The number of carbonyl (C=O) groups is 1. The van der Waals surface area contributed by atoms with E-state index in [1.54, 1.807) is 11.8 Å². The number of aliphatic hydroxyl groups excluding tert-OH is 1.